The second-order valence-electron chi connectivity index (χ2n) is 3.89. The highest BCUT2D eigenvalue weighted by atomic mass is 35.5. The Balaban J connectivity index is 2.96. The van der Waals surface area contributed by atoms with Crippen LogP contribution in [0.1, 0.15) is 0 Å². The molecule has 1 aromatic carbocycles. The van der Waals surface area contributed by atoms with E-state index in [4.69, 9.17) is 45.6 Å². The van der Waals surface area contributed by atoms with Crippen LogP contribution in [0.5, 0.6) is 0 Å². The van der Waals surface area contributed by atoms with Crippen LogP contribution in [0.2, 0.25) is 15.1 Å². The third-order valence-electron chi connectivity index (χ3n) is 2.20. The summed E-state index contributed by atoms with van der Waals surface area (Å²) in [5, 5.41) is 11.4. The van der Waals surface area contributed by atoms with Crippen LogP contribution in [-0.4, -0.2) is 41.0 Å². The molecule has 114 valence electrons. The lowest BCUT2D eigenvalue weighted by Crippen LogP contribution is -2.43. The molecule has 0 aliphatic carbocycles. The molecule has 0 heterocycles. The number of primary amides is 1. The summed E-state index contributed by atoms with van der Waals surface area (Å²) >= 11 is 17.5. The molecule has 1 aromatic rings. The lowest BCUT2D eigenvalue weighted by Gasteiger charge is -2.20. The van der Waals surface area contributed by atoms with Crippen molar-refractivity contribution in [1.82, 2.24) is 4.90 Å². The molecule has 3 amide bonds. The fourth-order valence-electron chi connectivity index (χ4n) is 1.40. The number of nitrogens with zero attached hydrogens (tertiary/aromatic N) is 1. The summed E-state index contributed by atoms with van der Waals surface area (Å²) in [5.41, 5.74) is 5.01. The molecule has 0 radical (unpaired) electrons. The summed E-state index contributed by atoms with van der Waals surface area (Å²) < 4.78 is 0. The van der Waals surface area contributed by atoms with E-state index in [2.05, 4.69) is 5.32 Å². The van der Waals surface area contributed by atoms with Crippen molar-refractivity contribution in [2.24, 2.45) is 5.73 Å². The van der Waals surface area contributed by atoms with Crippen LogP contribution >= 0.6 is 34.8 Å². The Hall–Kier alpha value is -1.70. The monoisotopic (exact) mass is 353 g/mol. The number of carboxylic acids is 1. The summed E-state index contributed by atoms with van der Waals surface area (Å²) in [5.74, 6) is -2.17. The lowest BCUT2D eigenvalue weighted by atomic mass is 10.3. The van der Waals surface area contributed by atoms with Crippen molar-refractivity contribution in [3.05, 3.63) is 27.2 Å². The van der Waals surface area contributed by atoms with E-state index in [-0.39, 0.29) is 20.8 Å². The zero-order chi connectivity index (χ0) is 16.2. The zero-order valence-electron chi connectivity index (χ0n) is 10.4. The molecule has 0 aromatic heterocycles. The van der Waals surface area contributed by atoms with E-state index in [1.54, 1.807) is 0 Å². The number of urea groups is 1. The molecule has 4 N–H and O–H groups in total. The van der Waals surface area contributed by atoms with Gasteiger partial charge in [0.25, 0.3) is 0 Å². The first-order valence-corrected chi connectivity index (χ1v) is 6.54. The Morgan fingerprint density at radius 2 is 1.67 bits per heavy atom. The minimum Gasteiger partial charge on any atom is -0.480 e. The number of nitrogens with one attached hydrogen (secondary N) is 1. The lowest BCUT2D eigenvalue weighted by molar-refractivity contribution is -0.137. The Morgan fingerprint density at radius 3 is 2.10 bits per heavy atom. The van der Waals surface area contributed by atoms with Crippen molar-refractivity contribution in [2.75, 3.05) is 18.4 Å². The van der Waals surface area contributed by atoms with E-state index in [1.165, 1.54) is 12.1 Å². The molecule has 0 unspecified atom stereocenters. The first-order chi connectivity index (χ1) is 9.70. The number of anilines is 1. The molecule has 21 heavy (non-hydrogen) atoms. The molecular formula is C11H10Cl3N3O4. The smallest absolute Gasteiger partial charge is 0.323 e. The molecular weight excluding hydrogens is 344 g/mol. The molecule has 0 aliphatic rings. The Morgan fingerprint density at radius 1 is 1.14 bits per heavy atom. The maximum atomic E-state index is 12.0. The molecule has 0 saturated carbocycles. The normalized spacial score (nSPS) is 10.0. The van der Waals surface area contributed by atoms with Gasteiger partial charge in [-0.1, -0.05) is 34.8 Å². The number of benzene rings is 1. The Bertz CT molecular complexity index is 555. The molecule has 0 saturated heterocycles. The van der Waals surface area contributed by atoms with Gasteiger partial charge in [-0.2, -0.15) is 0 Å². The summed E-state index contributed by atoms with van der Waals surface area (Å²) in [6, 6.07) is 1.81. The van der Waals surface area contributed by atoms with Gasteiger partial charge in [-0.3, -0.25) is 9.59 Å². The van der Waals surface area contributed by atoms with E-state index in [9.17, 15) is 14.4 Å². The van der Waals surface area contributed by atoms with E-state index >= 15 is 0 Å². The summed E-state index contributed by atoms with van der Waals surface area (Å²) in [4.78, 5) is 34.2. The van der Waals surface area contributed by atoms with Gasteiger partial charge in [0.1, 0.15) is 13.1 Å². The maximum Gasteiger partial charge on any atom is 0.323 e. The van der Waals surface area contributed by atoms with Crippen molar-refractivity contribution in [1.29, 1.82) is 0 Å². The van der Waals surface area contributed by atoms with E-state index in [1.807, 2.05) is 0 Å². The summed E-state index contributed by atoms with van der Waals surface area (Å²) in [6.45, 7) is -1.28. The van der Waals surface area contributed by atoms with Crippen LogP contribution in [0.4, 0.5) is 10.5 Å². The van der Waals surface area contributed by atoms with E-state index < -0.39 is 31.0 Å². The largest absolute Gasteiger partial charge is 0.480 e. The summed E-state index contributed by atoms with van der Waals surface area (Å²) in [6.07, 6.45) is 0. The number of carbonyl (C=O) groups excluding carboxylic acids is 2. The Labute approximate surface area is 134 Å². The molecule has 0 spiro atoms. The third-order valence-corrected chi connectivity index (χ3v) is 3.01. The first kappa shape index (κ1) is 17.4. The Kier molecular flexibility index (Phi) is 6.07. The number of rotatable bonds is 5. The van der Waals surface area contributed by atoms with Gasteiger partial charge in [0.2, 0.25) is 5.91 Å². The highest BCUT2D eigenvalue weighted by Crippen LogP contribution is 2.33. The van der Waals surface area contributed by atoms with Crippen molar-refractivity contribution in [3.8, 4) is 0 Å². The predicted molar refractivity (Wildman–Crippen MR) is 78.9 cm³/mol. The van der Waals surface area contributed by atoms with E-state index in [0.29, 0.717) is 4.90 Å². The van der Waals surface area contributed by atoms with Crippen LogP contribution in [-0.2, 0) is 9.59 Å². The van der Waals surface area contributed by atoms with Gasteiger partial charge in [-0.25, -0.2) is 4.79 Å². The second-order valence-corrected chi connectivity index (χ2v) is 5.14. The topological polar surface area (TPSA) is 113 Å². The fraction of sp³-hybridized carbons (Fsp3) is 0.182. The van der Waals surface area contributed by atoms with Crippen LogP contribution in [0, 0.1) is 0 Å². The van der Waals surface area contributed by atoms with Crippen LogP contribution in [0.3, 0.4) is 0 Å². The quantitative estimate of drug-likeness (QED) is 0.751. The number of amides is 3. The van der Waals surface area contributed by atoms with Crippen molar-refractivity contribution in [3.63, 3.8) is 0 Å². The zero-order valence-corrected chi connectivity index (χ0v) is 12.7. The number of nitrogens with two attached hydrogens (primary N) is 1. The number of hydrogen-bond donors (Lipinski definition) is 3. The maximum absolute atomic E-state index is 12.0. The number of aliphatic carboxylic acids is 1. The molecule has 1 rings (SSSR count). The summed E-state index contributed by atoms with van der Waals surface area (Å²) in [7, 11) is 0. The van der Waals surface area contributed by atoms with Gasteiger partial charge in [-0.05, 0) is 12.1 Å². The average molecular weight is 355 g/mol. The number of carbonyl (C=O) groups is 3. The highest BCUT2D eigenvalue weighted by molar-refractivity contribution is 6.42. The van der Waals surface area contributed by atoms with Gasteiger partial charge in [0, 0.05) is 5.02 Å². The second kappa shape index (κ2) is 7.35. The molecule has 0 fully saturated rings. The van der Waals surface area contributed by atoms with Gasteiger partial charge in [0.05, 0.1) is 15.7 Å². The predicted octanol–water partition coefficient (Wildman–Crippen LogP) is 2.05. The van der Waals surface area contributed by atoms with Crippen molar-refractivity contribution < 1.29 is 19.5 Å². The van der Waals surface area contributed by atoms with Gasteiger partial charge >= 0.3 is 12.0 Å². The SMILES string of the molecule is NC(=O)CN(CC(=O)O)C(=O)Nc1c(Cl)cc(Cl)cc1Cl. The molecule has 0 aliphatic heterocycles. The fourth-order valence-corrected chi connectivity index (χ4v) is 2.31. The number of carboxylic acid groups (broad SMARTS) is 1. The van der Waals surface area contributed by atoms with Gasteiger partial charge in [0.15, 0.2) is 0 Å². The minimum atomic E-state index is -1.31. The molecule has 10 heteroatoms. The van der Waals surface area contributed by atoms with Crippen molar-refractivity contribution in [2.45, 2.75) is 0 Å². The molecule has 0 bridgehead atoms. The number of halogens is 3. The van der Waals surface area contributed by atoms with Gasteiger partial charge in [-0.15, -0.1) is 0 Å². The van der Waals surface area contributed by atoms with Crippen LogP contribution in [0.15, 0.2) is 12.1 Å². The highest BCUT2D eigenvalue weighted by Gasteiger charge is 2.21. The van der Waals surface area contributed by atoms with Crippen LogP contribution < -0.4 is 11.1 Å². The molecule has 7 nitrogen and oxygen atoms in total. The van der Waals surface area contributed by atoms with E-state index in [0.717, 1.165) is 0 Å². The molecule has 0 atom stereocenters. The minimum absolute atomic E-state index is 0.0487. The van der Waals surface area contributed by atoms with Gasteiger partial charge < -0.3 is 21.1 Å². The van der Waals surface area contributed by atoms with Crippen LogP contribution in [0.25, 0.3) is 0 Å². The standard InChI is InChI=1S/C11H10Cl3N3O4/c12-5-1-6(13)10(7(14)2-5)16-11(21)17(3-8(15)18)4-9(19)20/h1-2H,3-4H2,(H2,15,18)(H,16,21)(H,19,20). The average Bonchev–Trinajstić information content (AvgIpc) is 2.31. The number of hydrogen-bond acceptors (Lipinski definition) is 3. The third kappa shape index (κ3) is 5.30. The first-order valence-electron chi connectivity index (χ1n) is 5.41. The van der Waals surface area contributed by atoms with Crippen molar-refractivity contribution >= 4 is 58.4 Å².